The molecule has 0 radical (unpaired) electrons. The van der Waals surface area contributed by atoms with Gasteiger partial charge < -0.3 is 19.8 Å². The standard InChI is InChI=1S/C19H19BrN6O4S/c20-11-2-1-3-13-16(11)12(27)8-19(30-13)4-6-25(7-5-19)18-21-9-14(31-18)17-22-24-26(23-17)10-15(28)29/h1-3,9,12,27H,4-8,10H2,(H,28,29). The minimum absolute atomic E-state index is 0.335. The Labute approximate surface area is 189 Å². The first kappa shape index (κ1) is 20.3. The van der Waals surface area contributed by atoms with Crippen LogP contribution in [0.1, 0.15) is 30.9 Å². The SMILES string of the molecule is O=C(O)Cn1nnc(-c2cnc(N3CCC4(CC3)CC(O)c3c(Br)cccc3O4)s2)n1. The minimum atomic E-state index is -1.03. The van der Waals surface area contributed by atoms with Gasteiger partial charge in [0, 0.05) is 42.4 Å². The van der Waals surface area contributed by atoms with Crippen LogP contribution in [0.5, 0.6) is 5.75 Å². The Morgan fingerprint density at radius 2 is 2.16 bits per heavy atom. The zero-order valence-corrected chi connectivity index (χ0v) is 18.7. The van der Waals surface area contributed by atoms with E-state index in [2.05, 4.69) is 41.2 Å². The zero-order chi connectivity index (χ0) is 21.6. The lowest BCUT2D eigenvalue weighted by atomic mass is 9.82. The number of aliphatic hydroxyl groups excluding tert-OH is 1. The van der Waals surface area contributed by atoms with E-state index in [-0.39, 0.29) is 12.1 Å². The Kier molecular flexibility index (Phi) is 5.15. The molecule has 0 saturated carbocycles. The first-order chi connectivity index (χ1) is 14.9. The Hall–Kier alpha value is -2.57. The lowest BCUT2D eigenvalue weighted by Gasteiger charge is -2.46. The van der Waals surface area contributed by atoms with Crippen LogP contribution in [-0.4, -0.2) is 60.1 Å². The Balaban J connectivity index is 1.27. The van der Waals surface area contributed by atoms with Gasteiger partial charge in [-0.2, -0.15) is 4.80 Å². The second-order valence-corrected chi connectivity index (χ2v) is 9.55. The number of aromatic nitrogens is 5. The highest BCUT2D eigenvalue weighted by atomic mass is 79.9. The van der Waals surface area contributed by atoms with Crippen molar-refractivity contribution in [3.63, 3.8) is 0 Å². The van der Waals surface area contributed by atoms with E-state index in [1.807, 2.05) is 18.2 Å². The summed E-state index contributed by atoms with van der Waals surface area (Å²) in [5, 5.41) is 32.2. The largest absolute Gasteiger partial charge is 0.487 e. The highest BCUT2D eigenvalue weighted by molar-refractivity contribution is 9.10. The van der Waals surface area contributed by atoms with E-state index in [0.717, 1.165) is 56.5 Å². The van der Waals surface area contributed by atoms with Crippen molar-refractivity contribution in [3.8, 4) is 16.5 Å². The van der Waals surface area contributed by atoms with Crippen molar-refractivity contribution >= 4 is 38.4 Å². The number of ether oxygens (including phenoxy) is 1. The third-order valence-corrected chi connectivity index (χ3v) is 7.37. The van der Waals surface area contributed by atoms with Gasteiger partial charge in [-0.05, 0) is 17.3 Å². The number of carboxylic acids is 1. The second-order valence-electron chi connectivity index (χ2n) is 7.69. The molecule has 1 aromatic carbocycles. The number of rotatable bonds is 4. The molecule has 0 bridgehead atoms. The van der Waals surface area contributed by atoms with Crippen molar-refractivity contribution in [1.29, 1.82) is 0 Å². The number of hydrogen-bond acceptors (Lipinski definition) is 9. The van der Waals surface area contributed by atoms with Gasteiger partial charge in [0.1, 0.15) is 11.4 Å². The van der Waals surface area contributed by atoms with Gasteiger partial charge in [0.2, 0.25) is 5.82 Å². The topological polar surface area (TPSA) is 126 Å². The van der Waals surface area contributed by atoms with Crippen LogP contribution < -0.4 is 9.64 Å². The van der Waals surface area contributed by atoms with Crippen molar-refractivity contribution in [2.24, 2.45) is 0 Å². The summed E-state index contributed by atoms with van der Waals surface area (Å²) in [6.45, 7) is 1.17. The van der Waals surface area contributed by atoms with Crippen molar-refractivity contribution in [1.82, 2.24) is 25.2 Å². The first-order valence-corrected chi connectivity index (χ1v) is 11.4. The molecule has 162 valence electrons. The zero-order valence-electron chi connectivity index (χ0n) is 16.3. The van der Waals surface area contributed by atoms with Gasteiger partial charge in [-0.25, -0.2) is 4.98 Å². The smallest absolute Gasteiger partial charge is 0.327 e. The van der Waals surface area contributed by atoms with Crippen LogP contribution in [0.15, 0.2) is 28.9 Å². The summed E-state index contributed by atoms with van der Waals surface area (Å²) in [4.78, 5) is 19.2. The molecule has 5 rings (SSSR count). The molecule has 4 heterocycles. The Morgan fingerprint density at radius 1 is 1.35 bits per heavy atom. The van der Waals surface area contributed by atoms with Gasteiger partial charge >= 0.3 is 5.97 Å². The van der Waals surface area contributed by atoms with Crippen LogP contribution in [-0.2, 0) is 11.3 Å². The van der Waals surface area contributed by atoms with E-state index in [9.17, 15) is 9.90 Å². The number of piperidine rings is 1. The molecule has 31 heavy (non-hydrogen) atoms. The van der Waals surface area contributed by atoms with Crippen molar-refractivity contribution < 1.29 is 19.7 Å². The van der Waals surface area contributed by atoms with Crippen LogP contribution in [0.3, 0.4) is 0 Å². The fourth-order valence-electron chi connectivity index (χ4n) is 4.12. The number of halogens is 1. The van der Waals surface area contributed by atoms with Crippen LogP contribution >= 0.6 is 27.3 Å². The maximum absolute atomic E-state index is 10.8. The second kappa shape index (κ2) is 7.84. The van der Waals surface area contributed by atoms with E-state index in [4.69, 9.17) is 9.84 Å². The van der Waals surface area contributed by atoms with Gasteiger partial charge in [-0.3, -0.25) is 4.79 Å². The number of aliphatic carboxylic acids is 1. The number of fused-ring (bicyclic) bond motifs is 1. The minimum Gasteiger partial charge on any atom is -0.487 e. The molecule has 1 atom stereocenters. The Bertz CT molecular complexity index is 1130. The summed E-state index contributed by atoms with van der Waals surface area (Å²) in [6.07, 6.45) is 3.24. The van der Waals surface area contributed by atoms with Gasteiger partial charge in [-0.15, -0.1) is 10.2 Å². The summed E-state index contributed by atoms with van der Waals surface area (Å²) < 4.78 is 7.26. The van der Waals surface area contributed by atoms with Crippen molar-refractivity contribution in [2.75, 3.05) is 18.0 Å². The highest BCUT2D eigenvalue weighted by Gasteiger charge is 2.43. The number of anilines is 1. The molecule has 1 spiro atoms. The summed E-state index contributed by atoms with van der Waals surface area (Å²) >= 11 is 4.95. The first-order valence-electron chi connectivity index (χ1n) is 9.79. The normalized spacial score (nSPS) is 19.8. The van der Waals surface area contributed by atoms with Crippen LogP contribution in [0, 0.1) is 0 Å². The predicted octanol–water partition coefficient (Wildman–Crippen LogP) is 2.50. The number of benzene rings is 1. The summed E-state index contributed by atoms with van der Waals surface area (Å²) in [5.41, 5.74) is 0.439. The van der Waals surface area contributed by atoms with Gasteiger partial charge in [0.05, 0.1) is 17.2 Å². The fourth-order valence-corrected chi connectivity index (χ4v) is 5.62. The molecule has 3 aromatic rings. The number of hydrogen-bond donors (Lipinski definition) is 2. The highest BCUT2D eigenvalue weighted by Crippen LogP contribution is 2.47. The predicted molar refractivity (Wildman–Crippen MR) is 115 cm³/mol. The number of tetrazole rings is 1. The van der Waals surface area contributed by atoms with Crippen LogP contribution in [0.4, 0.5) is 5.13 Å². The number of thiazole rings is 1. The molecule has 1 unspecified atom stereocenters. The van der Waals surface area contributed by atoms with Gasteiger partial charge in [-0.1, -0.05) is 33.3 Å². The molecule has 0 amide bonds. The third kappa shape index (κ3) is 3.90. The van der Waals surface area contributed by atoms with E-state index >= 15 is 0 Å². The van der Waals surface area contributed by atoms with E-state index in [1.54, 1.807) is 6.20 Å². The van der Waals surface area contributed by atoms with Crippen LogP contribution in [0.25, 0.3) is 10.7 Å². The summed E-state index contributed by atoms with van der Waals surface area (Å²) in [5.74, 6) is 0.0780. The van der Waals surface area contributed by atoms with Crippen molar-refractivity contribution in [2.45, 2.75) is 37.5 Å². The number of nitrogens with zero attached hydrogens (tertiary/aromatic N) is 6. The van der Waals surface area contributed by atoms with Gasteiger partial charge in [0.25, 0.3) is 0 Å². The maximum Gasteiger partial charge on any atom is 0.327 e. The number of carboxylic acid groups (broad SMARTS) is 1. The Morgan fingerprint density at radius 3 is 2.94 bits per heavy atom. The number of carbonyl (C=O) groups is 1. The molecule has 1 saturated heterocycles. The average Bonchev–Trinajstić information content (AvgIpc) is 3.37. The lowest BCUT2D eigenvalue weighted by molar-refractivity contribution is -0.138. The maximum atomic E-state index is 10.8. The molecule has 2 aliphatic rings. The molecule has 2 aliphatic heterocycles. The number of aliphatic hydroxyl groups is 1. The fraction of sp³-hybridized carbons (Fsp3) is 0.421. The summed E-state index contributed by atoms with van der Waals surface area (Å²) in [7, 11) is 0. The molecule has 10 nitrogen and oxygen atoms in total. The molecule has 12 heteroatoms. The lowest BCUT2D eigenvalue weighted by Crippen LogP contribution is -2.50. The molecule has 2 aromatic heterocycles. The molecule has 1 fully saturated rings. The third-order valence-electron chi connectivity index (χ3n) is 5.63. The van der Waals surface area contributed by atoms with Gasteiger partial charge in [0.15, 0.2) is 11.7 Å². The van der Waals surface area contributed by atoms with E-state index in [1.165, 1.54) is 11.3 Å². The monoisotopic (exact) mass is 506 g/mol. The van der Waals surface area contributed by atoms with Crippen molar-refractivity contribution in [3.05, 3.63) is 34.4 Å². The summed E-state index contributed by atoms with van der Waals surface area (Å²) in [6, 6.07) is 5.75. The average molecular weight is 507 g/mol. The van der Waals surface area contributed by atoms with E-state index < -0.39 is 12.1 Å². The molecule has 0 aliphatic carbocycles. The molecular weight excluding hydrogens is 488 g/mol. The van der Waals surface area contributed by atoms with Crippen LogP contribution in [0.2, 0.25) is 0 Å². The quantitative estimate of drug-likeness (QED) is 0.548. The van der Waals surface area contributed by atoms with E-state index in [0.29, 0.717) is 12.2 Å². The molecular formula is C19H19BrN6O4S. The molecule has 2 N–H and O–H groups in total.